The normalized spacial score (nSPS) is 13.1. The molecule has 2 atom stereocenters. The van der Waals surface area contributed by atoms with Crippen LogP contribution in [-0.4, -0.2) is 65.0 Å². The number of nitrogens with one attached hydrogen (secondary N) is 1. The quantitative estimate of drug-likeness (QED) is 0.240. The predicted octanol–water partition coefficient (Wildman–Crippen LogP) is -0.810. The maximum atomic E-state index is 11.6. The van der Waals surface area contributed by atoms with E-state index >= 15 is 0 Å². The molecule has 9 heteroatoms. The fourth-order valence-corrected chi connectivity index (χ4v) is 1.49. The Morgan fingerprint density at radius 2 is 1.48 bits per heavy atom. The number of methoxy groups -OCH3 is 3. The van der Waals surface area contributed by atoms with Crippen molar-refractivity contribution in [3.05, 3.63) is 0 Å². The molecule has 122 valence electrons. The summed E-state index contributed by atoms with van der Waals surface area (Å²) in [5, 5.41) is 2.79. The van der Waals surface area contributed by atoms with Gasteiger partial charge >= 0.3 is 17.9 Å². The monoisotopic (exact) mass is 307 g/mol. The van der Waals surface area contributed by atoms with Crippen molar-refractivity contribution in [1.29, 1.82) is 0 Å². The zero-order chi connectivity index (χ0) is 16.3. The first-order valence-corrected chi connectivity index (χ1v) is 6.11. The molecule has 0 saturated heterocycles. The SMILES string of the molecule is COOCC(CC(=O)OC)NC(CC(=O)OC)C(=O)OC. The van der Waals surface area contributed by atoms with Crippen LogP contribution in [0.3, 0.4) is 0 Å². The molecule has 0 amide bonds. The molecular formula is C12H21NO8. The van der Waals surface area contributed by atoms with Gasteiger partial charge in [0.1, 0.15) is 6.04 Å². The van der Waals surface area contributed by atoms with Crippen LogP contribution in [0.5, 0.6) is 0 Å². The molecule has 0 rings (SSSR count). The van der Waals surface area contributed by atoms with Crippen LogP contribution in [0.2, 0.25) is 0 Å². The van der Waals surface area contributed by atoms with Gasteiger partial charge in [-0.1, -0.05) is 0 Å². The second-order valence-corrected chi connectivity index (χ2v) is 3.95. The van der Waals surface area contributed by atoms with Crippen LogP contribution in [-0.2, 0) is 38.4 Å². The molecule has 0 heterocycles. The first-order valence-electron chi connectivity index (χ1n) is 6.11. The Morgan fingerprint density at radius 3 is 1.95 bits per heavy atom. The summed E-state index contributed by atoms with van der Waals surface area (Å²) in [5.41, 5.74) is 0. The van der Waals surface area contributed by atoms with E-state index in [1.54, 1.807) is 0 Å². The summed E-state index contributed by atoms with van der Waals surface area (Å²) in [7, 11) is 4.94. The molecule has 0 aromatic rings. The minimum atomic E-state index is -0.974. The van der Waals surface area contributed by atoms with Crippen LogP contribution in [0.1, 0.15) is 12.8 Å². The van der Waals surface area contributed by atoms with Crippen LogP contribution in [0.25, 0.3) is 0 Å². The first-order chi connectivity index (χ1) is 9.98. The van der Waals surface area contributed by atoms with Gasteiger partial charge in [0.2, 0.25) is 0 Å². The Balaban J connectivity index is 4.78. The van der Waals surface area contributed by atoms with Crippen molar-refractivity contribution in [2.45, 2.75) is 24.9 Å². The molecule has 9 nitrogen and oxygen atoms in total. The van der Waals surface area contributed by atoms with Crippen LogP contribution < -0.4 is 5.32 Å². The van der Waals surface area contributed by atoms with Gasteiger partial charge in [-0.05, 0) is 0 Å². The fourth-order valence-electron chi connectivity index (χ4n) is 1.49. The van der Waals surface area contributed by atoms with Gasteiger partial charge in [-0.3, -0.25) is 19.7 Å². The minimum absolute atomic E-state index is 0.0275. The van der Waals surface area contributed by atoms with Crippen LogP contribution in [0, 0.1) is 0 Å². The minimum Gasteiger partial charge on any atom is -0.469 e. The van der Waals surface area contributed by atoms with Crippen LogP contribution in [0.15, 0.2) is 0 Å². The summed E-state index contributed by atoms with van der Waals surface area (Å²) in [5.74, 6) is -1.76. The predicted molar refractivity (Wildman–Crippen MR) is 69.0 cm³/mol. The molecule has 0 bridgehead atoms. The van der Waals surface area contributed by atoms with E-state index < -0.39 is 30.0 Å². The topological polar surface area (TPSA) is 109 Å². The fraction of sp³-hybridized carbons (Fsp3) is 0.750. The standard InChI is InChI=1S/C12H21NO8/c1-17-10(14)5-8(7-21-20-4)13-9(12(16)19-3)6-11(15)18-2/h8-9,13H,5-7H2,1-4H3. The zero-order valence-corrected chi connectivity index (χ0v) is 12.5. The number of hydrogen-bond acceptors (Lipinski definition) is 9. The smallest absolute Gasteiger partial charge is 0.323 e. The van der Waals surface area contributed by atoms with Crippen molar-refractivity contribution in [1.82, 2.24) is 5.32 Å². The van der Waals surface area contributed by atoms with Gasteiger partial charge in [-0.2, -0.15) is 0 Å². The van der Waals surface area contributed by atoms with Gasteiger partial charge in [0, 0.05) is 6.04 Å². The highest BCUT2D eigenvalue weighted by atomic mass is 17.2. The Kier molecular flexibility index (Phi) is 10.1. The second kappa shape index (κ2) is 11.0. The Morgan fingerprint density at radius 1 is 0.905 bits per heavy atom. The first kappa shape index (κ1) is 19.3. The molecule has 1 N–H and O–H groups in total. The lowest BCUT2D eigenvalue weighted by atomic mass is 10.1. The van der Waals surface area contributed by atoms with E-state index in [2.05, 4.69) is 24.4 Å². The molecule has 0 saturated carbocycles. The third-order valence-electron chi connectivity index (χ3n) is 2.55. The van der Waals surface area contributed by atoms with Gasteiger partial charge in [0.15, 0.2) is 0 Å². The Labute approximate surface area is 122 Å². The number of rotatable bonds is 10. The van der Waals surface area contributed by atoms with Crippen molar-refractivity contribution >= 4 is 17.9 Å². The summed E-state index contributed by atoms with van der Waals surface area (Å²) in [6.07, 6.45) is -0.317. The second-order valence-electron chi connectivity index (χ2n) is 3.95. The number of hydrogen-bond donors (Lipinski definition) is 1. The maximum Gasteiger partial charge on any atom is 0.323 e. The van der Waals surface area contributed by atoms with Gasteiger partial charge in [-0.25, -0.2) is 9.78 Å². The molecule has 0 aromatic heterocycles. The largest absolute Gasteiger partial charge is 0.469 e. The van der Waals surface area contributed by atoms with Gasteiger partial charge in [0.25, 0.3) is 0 Å². The van der Waals surface area contributed by atoms with Gasteiger partial charge < -0.3 is 14.2 Å². The van der Waals surface area contributed by atoms with Crippen molar-refractivity contribution < 1.29 is 38.4 Å². The van der Waals surface area contributed by atoms with E-state index in [0.29, 0.717) is 0 Å². The highest BCUT2D eigenvalue weighted by molar-refractivity contribution is 5.82. The molecule has 0 aromatic carbocycles. The number of carbonyl (C=O) groups excluding carboxylic acids is 3. The van der Waals surface area contributed by atoms with Crippen LogP contribution >= 0.6 is 0 Å². The third kappa shape index (κ3) is 8.23. The Bertz CT molecular complexity index is 346. The maximum absolute atomic E-state index is 11.6. The molecule has 0 aliphatic carbocycles. The summed E-state index contributed by atoms with van der Waals surface area (Å²) in [4.78, 5) is 43.5. The van der Waals surface area contributed by atoms with E-state index in [0.717, 1.165) is 0 Å². The average molecular weight is 307 g/mol. The number of ether oxygens (including phenoxy) is 3. The number of carbonyl (C=O) groups is 3. The van der Waals surface area contributed by atoms with E-state index in [4.69, 9.17) is 4.89 Å². The van der Waals surface area contributed by atoms with Crippen LogP contribution in [0.4, 0.5) is 0 Å². The highest BCUT2D eigenvalue weighted by Gasteiger charge is 2.27. The van der Waals surface area contributed by atoms with Crippen molar-refractivity contribution in [3.63, 3.8) is 0 Å². The summed E-state index contributed by atoms with van der Waals surface area (Å²) in [6, 6.07) is -1.58. The van der Waals surface area contributed by atoms with E-state index in [9.17, 15) is 14.4 Å². The highest BCUT2D eigenvalue weighted by Crippen LogP contribution is 2.04. The molecule has 0 fully saturated rings. The Hall–Kier alpha value is -1.71. The average Bonchev–Trinajstić information content (AvgIpc) is 2.50. The lowest BCUT2D eigenvalue weighted by Gasteiger charge is -2.22. The molecule has 0 spiro atoms. The van der Waals surface area contributed by atoms with Crippen molar-refractivity contribution in [2.75, 3.05) is 35.0 Å². The third-order valence-corrected chi connectivity index (χ3v) is 2.55. The summed E-state index contributed by atoms with van der Waals surface area (Å²) in [6.45, 7) is -0.0275. The summed E-state index contributed by atoms with van der Waals surface area (Å²) < 4.78 is 13.7. The molecule has 21 heavy (non-hydrogen) atoms. The van der Waals surface area contributed by atoms with Gasteiger partial charge in [0.05, 0.1) is 47.9 Å². The van der Waals surface area contributed by atoms with Gasteiger partial charge in [-0.15, -0.1) is 0 Å². The molecule has 0 radical (unpaired) electrons. The molecule has 2 unspecified atom stereocenters. The molecule has 0 aliphatic rings. The number of esters is 3. The van der Waals surface area contributed by atoms with E-state index in [-0.39, 0.29) is 19.4 Å². The van der Waals surface area contributed by atoms with E-state index in [1.165, 1.54) is 28.4 Å². The van der Waals surface area contributed by atoms with Crippen molar-refractivity contribution in [3.8, 4) is 0 Å². The summed E-state index contributed by atoms with van der Waals surface area (Å²) >= 11 is 0. The van der Waals surface area contributed by atoms with Crippen molar-refractivity contribution in [2.24, 2.45) is 0 Å². The molecular weight excluding hydrogens is 286 g/mol. The zero-order valence-electron chi connectivity index (χ0n) is 12.5. The lowest BCUT2D eigenvalue weighted by Crippen LogP contribution is -2.48. The molecule has 0 aliphatic heterocycles. The van der Waals surface area contributed by atoms with E-state index in [1.807, 2.05) is 0 Å². The lowest BCUT2D eigenvalue weighted by molar-refractivity contribution is -0.276.